The van der Waals surface area contributed by atoms with Crippen molar-refractivity contribution < 1.29 is 9.59 Å². The number of carbonyl (C=O) groups excluding carboxylic acids is 2. The van der Waals surface area contributed by atoms with Gasteiger partial charge in [0.1, 0.15) is 0 Å². The fraction of sp³-hybridized carbons (Fsp3) is 0.810. The highest BCUT2D eigenvalue weighted by Crippen LogP contribution is 2.62. The molecule has 0 aromatic heterocycles. The fourth-order valence-corrected chi connectivity index (χ4v) is 6.48. The highest BCUT2D eigenvalue weighted by atomic mass is 16.2. The first-order valence-electron chi connectivity index (χ1n) is 10.2. The molecule has 25 heavy (non-hydrogen) atoms. The molecule has 0 radical (unpaired) electrons. The summed E-state index contributed by atoms with van der Waals surface area (Å²) in [7, 11) is 0. The predicted molar refractivity (Wildman–Crippen MR) is 97.8 cm³/mol. The summed E-state index contributed by atoms with van der Waals surface area (Å²) in [6, 6.07) is 0. The molecule has 0 aromatic carbocycles. The van der Waals surface area contributed by atoms with Crippen molar-refractivity contribution in [1.29, 1.82) is 0 Å². The van der Waals surface area contributed by atoms with Crippen LogP contribution in [0.15, 0.2) is 11.6 Å². The van der Waals surface area contributed by atoms with Crippen LogP contribution in [-0.4, -0.2) is 47.8 Å². The van der Waals surface area contributed by atoms with Crippen molar-refractivity contribution in [3.8, 4) is 0 Å². The zero-order valence-electron chi connectivity index (χ0n) is 15.8. The van der Waals surface area contributed by atoms with Crippen LogP contribution in [0.2, 0.25) is 0 Å². The molecule has 2 amide bonds. The Bertz CT molecular complexity index is 559. The van der Waals surface area contributed by atoms with Crippen LogP contribution >= 0.6 is 0 Å². The Morgan fingerprint density at radius 3 is 1.92 bits per heavy atom. The van der Waals surface area contributed by atoms with E-state index in [0.717, 1.165) is 37.3 Å². The van der Waals surface area contributed by atoms with E-state index in [-0.39, 0.29) is 11.8 Å². The molecule has 5 fully saturated rings. The highest BCUT2D eigenvalue weighted by Gasteiger charge is 2.51. The molecule has 1 aliphatic heterocycles. The Balaban J connectivity index is 1.45. The van der Waals surface area contributed by atoms with Crippen LogP contribution < -0.4 is 0 Å². The van der Waals surface area contributed by atoms with Gasteiger partial charge in [0.25, 0.3) is 0 Å². The topological polar surface area (TPSA) is 40.6 Å². The summed E-state index contributed by atoms with van der Waals surface area (Å²) in [5.74, 6) is 3.01. The summed E-state index contributed by atoms with van der Waals surface area (Å²) >= 11 is 0. The van der Waals surface area contributed by atoms with Gasteiger partial charge < -0.3 is 9.80 Å². The first-order chi connectivity index (χ1) is 11.9. The molecule has 0 unspecified atom stereocenters. The number of hydrogen-bond acceptors (Lipinski definition) is 2. The predicted octanol–water partition coefficient (Wildman–Crippen LogP) is 3.23. The van der Waals surface area contributed by atoms with Crippen molar-refractivity contribution in [1.82, 2.24) is 9.80 Å². The number of carbonyl (C=O) groups is 2. The number of nitrogens with zero attached hydrogens (tertiary/aromatic N) is 2. The standard InChI is InChI=1S/C21H32N2O2/c1-15(21-12-17-9-18(13-21)11-19(10-17)14-21)8-20(25)23-5-3-4-22(6-7-23)16(2)24/h8,17-19H,3-7,9-14H2,1-2H3/b15-8-. The van der Waals surface area contributed by atoms with E-state index in [4.69, 9.17) is 0 Å². The van der Waals surface area contributed by atoms with Gasteiger partial charge in [-0.05, 0) is 75.0 Å². The van der Waals surface area contributed by atoms with Crippen molar-refractivity contribution in [3.63, 3.8) is 0 Å². The normalized spacial score (nSPS) is 38.0. The number of amides is 2. The third kappa shape index (κ3) is 3.24. The zero-order chi connectivity index (χ0) is 17.6. The molecule has 5 aliphatic rings. The summed E-state index contributed by atoms with van der Waals surface area (Å²) in [5, 5.41) is 0. The van der Waals surface area contributed by atoms with Crippen LogP contribution in [0.4, 0.5) is 0 Å². The second-order valence-electron chi connectivity index (χ2n) is 9.21. The van der Waals surface area contributed by atoms with Crippen LogP contribution in [-0.2, 0) is 9.59 Å². The van der Waals surface area contributed by atoms with Crippen molar-refractivity contribution >= 4 is 11.8 Å². The van der Waals surface area contributed by atoms with Gasteiger partial charge >= 0.3 is 0 Å². The Hall–Kier alpha value is -1.32. The lowest BCUT2D eigenvalue weighted by atomic mass is 9.48. The van der Waals surface area contributed by atoms with Gasteiger partial charge in [-0.1, -0.05) is 5.57 Å². The Morgan fingerprint density at radius 2 is 1.36 bits per heavy atom. The van der Waals surface area contributed by atoms with Crippen LogP contribution in [0.25, 0.3) is 0 Å². The van der Waals surface area contributed by atoms with Crippen LogP contribution in [0, 0.1) is 23.2 Å². The second-order valence-corrected chi connectivity index (χ2v) is 9.21. The molecule has 1 saturated heterocycles. The van der Waals surface area contributed by atoms with Gasteiger partial charge in [0.2, 0.25) is 11.8 Å². The molecule has 1 heterocycles. The van der Waals surface area contributed by atoms with E-state index in [1.54, 1.807) is 6.92 Å². The number of rotatable bonds is 2. The van der Waals surface area contributed by atoms with Gasteiger partial charge in [-0.3, -0.25) is 9.59 Å². The minimum Gasteiger partial charge on any atom is -0.341 e. The number of hydrogen-bond donors (Lipinski definition) is 0. The average Bonchev–Trinajstić information content (AvgIpc) is 2.79. The first kappa shape index (κ1) is 17.1. The molecule has 0 aromatic rings. The Kier molecular flexibility index (Phi) is 4.41. The molecule has 138 valence electrons. The van der Waals surface area contributed by atoms with Crippen molar-refractivity contribution in [2.75, 3.05) is 26.2 Å². The van der Waals surface area contributed by atoms with Crippen molar-refractivity contribution in [2.45, 2.75) is 58.8 Å². The summed E-state index contributed by atoms with van der Waals surface area (Å²) < 4.78 is 0. The van der Waals surface area contributed by atoms with Gasteiger partial charge in [0.05, 0.1) is 0 Å². The molecule has 0 atom stereocenters. The molecular formula is C21H32N2O2. The van der Waals surface area contributed by atoms with Gasteiger partial charge in [-0.2, -0.15) is 0 Å². The van der Waals surface area contributed by atoms with E-state index in [2.05, 4.69) is 6.92 Å². The van der Waals surface area contributed by atoms with Crippen molar-refractivity contribution in [2.24, 2.45) is 23.2 Å². The zero-order valence-corrected chi connectivity index (χ0v) is 15.8. The Morgan fingerprint density at radius 1 is 0.840 bits per heavy atom. The molecule has 0 N–H and O–H groups in total. The van der Waals surface area contributed by atoms with E-state index >= 15 is 0 Å². The minimum absolute atomic E-state index is 0.120. The maximum absolute atomic E-state index is 12.9. The van der Waals surface area contributed by atoms with E-state index in [9.17, 15) is 9.59 Å². The van der Waals surface area contributed by atoms with Gasteiger partial charge in [-0.25, -0.2) is 0 Å². The molecule has 4 heteroatoms. The van der Waals surface area contributed by atoms with E-state index in [1.165, 1.54) is 44.1 Å². The minimum atomic E-state index is 0.120. The molecule has 0 spiro atoms. The summed E-state index contributed by atoms with van der Waals surface area (Å²) in [4.78, 5) is 28.3. The monoisotopic (exact) mass is 344 g/mol. The van der Waals surface area contributed by atoms with E-state index in [1.807, 2.05) is 15.9 Å². The molecule has 4 bridgehead atoms. The number of allylic oxidation sites excluding steroid dienone is 1. The summed E-state index contributed by atoms with van der Waals surface area (Å²) in [6.45, 7) is 6.72. The average molecular weight is 344 g/mol. The van der Waals surface area contributed by atoms with E-state index in [0.29, 0.717) is 18.5 Å². The quantitative estimate of drug-likeness (QED) is 0.722. The lowest BCUT2D eigenvalue weighted by molar-refractivity contribution is -0.130. The maximum atomic E-state index is 12.9. The summed E-state index contributed by atoms with van der Waals surface area (Å²) in [5.41, 5.74) is 1.66. The smallest absolute Gasteiger partial charge is 0.246 e. The van der Waals surface area contributed by atoms with Gasteiger partial charge in [0, 0.05) is 39.2 Å². The van der Waals surface area contributed by atoms with Crippen LogP contribution in [0.3, 0.4) is 0 Å². The highest BCUT2D eigenvalue weighted by molar-refractivity contribution is 5.88. The van der Waals surface area contributed by atoms with Gasteiger partial charge in [0.15, 0.2) is 0 Å². The maximum Gasteiger partial charge on any atom is 0.246 e. The van der Waals surface area contributed by atoms with Crippen LogP contribution in [0.5, 0.6) is 0 Å². The largest absolute Gasteiger partial charge is 0.341 e. The molecule has 4 saturated carbocycles. The lowest BCUT2D eigenvalue weighted by Crippen LogP contribution is -2.46. The van der Waals surface area contributed by atoms with Gasteiger partial charge in [-0.15, -0.1) is 0 Å². The fourth-order valence-electron chi connectivity index (χ4n) is 6.48. The SMILES string of the molecule is CC(=O)N1CCCN(C(=O)/C=C(/C)C23CC4CC(CC(C4)C2)C3)CC1. The molecular weight excluding hydrogens is 312 g/mol. The molecule has 5 rings (SSSR count). The second kappa shape index (κ2) is 6.44. The van der Waals surface area contributed by atoms with Crippen LogP contribution in [0.1, 0.15) is 58.8 Å². The van der Waals surface area contributed by atoms with E-state index < -0.39 is 0 Å². The lowest BCUT2D eigenvalue weighted by Gasteiger charge is -2.57. The molecule has 4 nitrogen and oxygen atoms in total. The third-order valence-electron chi connectivity index (χ3n) is 7.47. The first-order valence-corrected chi connectivity index (χ1v) is 10.2. The summed E-state index contributed by atoms with van der Waals surface area (Å²) in [6.07, 6.45) is 11.1. The van der Waals surface area contributed by atoms with Crippen molar-refractivity contribution in [3.05, 3.63) is 11.6 Å². The molecule has 4 aliphatic carbocycles. The Labute approximate surface area is 151 Å². The third-order valence-corrected chi connectivity index (χ3v) is 7.47.